The molecule has 2 aromatic rings. The van der Waals surface area contributed by atoms with Crippen molar-refractivity contribution < 1.29 is 4.39 Å². The second kappa shape index (κ2) is 4.63. The molecule has 1 aromatic carbocycles. The molecular weight excluding hydrogens is 243 g/mol. The largest absolute Gasteiger partial charge is 0.315 e. The first-order chi connectivity index (χ1) is 9.18. The normalized spacial score (nSPS) is 14.2. The number of halogens is 1. The molecule has 0 amide bonds. The highest BCUT2D eigenvalue weighted by Crippen LogP contribution is 2.28. The van der Waals surface area contributed by atoms with Crippen LogP contribution < -0.4 is 10.9 Å². The van der Waals surface area contributed by atoms with Crippen LogP contribution in [0.3, 0.4) is 0 Å². The summed E-state index contributed by atoms with van der Waals surface area (Å²) in [6.45, 7) is 1.52. The lowest BCUT2D eigenvalue weighted by atomic mass is 9.95. The molecule has 0 unspecified atom stereocenters. The third-order valence-corrected chi connectivity index (χ3v) is 3.68. The molecule has 1 aliphatic heterocycles. The highest BCUT2D eigenvalue weighted by Gasteiger charge is 2.19. The monoisotopic (exact) mass is 258 g/mol. The standard InChI is InChI=1S/C15H15FN2O/c1-18-14-6-7-17-9-12(14)11(8-15(18)19)10-4-2-3-5-13(10)16/h2-5,8,17H,6-7,9H2,1H3. The number of aromatic nitrogens is 1. The van der Waals surface area contributed by atoms with Crippen LogP contribution in [0.5, 0.6) is 0 Å². The van der Waals surface area contributed by atoms with Crippen LogP contribution in [0, 0.1) is 5.82 Å². The van der Waals surface area contributed by atoms with E-state index in [1.807, 2.05) is 0 Å². The molecule has 0 atom stereocenters. The van der Waals surface area contributed by atoms with Crippen molar-refractivity contribution in [3.05, 3.63) is 57.8 Å². The fourth-order valence-corrected chi connectivity index (χ4v) is 2.65. The molecule has 0 radical (unpaired) electrons. The summed E-state index contributed by atoms with van der Waals surface area (Å²) in [5.74, 6) is -0.288. The fraction of sp³-hybridized carbons (Fsp3) is 0.267. The molecule has 1 aliphatic rings. The van der Waals surface area contributed by atoms with Crippen molar-refractivity contribution in [2.24, 2.45) is 7.05 Å². The highest BCUT2D eigenvalue weighted by molar-refractivity contribution is 5.68. The number of pyridine rings is 1. The number of fused-ring (bicyclic) bond motifs is 1. The SMILES string of the molecule is Cn1c2c(c(-c3ccccc3F)cc1=O)CNCC2. The Morgan fingerprint density at radius 1 is 1.26 bits per heavy atom. The zero-order valence-corrected chi connectivity index (χ0v) is 10.7. The van der Waals surface area contributed by atoms with Crippen LogP contribution in [0.2, 0.25) is 0 Å². The third kappa shape index (κ3) is 1.98. The molecule has 0 bridgehead atoms. The Morgan fingerprint density at radius 2 is 2.05 bits per heavy atom. The lowest BCUT2D eigenvalue weighted by molar-refractivity contribution is 0.597. The van der Waals surface area contributed by atoms with Crippen molar-refractivity contribution in [2.75, 3.05) is 6.54 Å². The number of benzene rings is 1. The molecule has 3 nitrogen and oxygen atoms in total. The molecule has 4 heteroatoms. The van der Waals surface area contributed by atoms with E-state index in [-0.39, 0.29) is 11.4 Å². The molecule has 0 saturated carbocycles. The molecule has 3 rings (SSSR count). The van der Waals surface area contributed by atoms with Gasteiger partial charge in [-0.2, -0.15) is 0 Å². The fourth-order valence-electron chi connectivity index (χ4n) is 2.65. The Morgan fingerprint density at radius 3 is 2.84 bits per heavy atom. The molecule has 0 fully saturated rings. The lowest BCUT2D eigenvalue weighted by Crippen LogP contribution is -2.31. The minimum atomic E-state index is -0.288. The van der Waals surface area contributed by atoms with Gasteiger partial charge in [-0.3, -0.25) is 4.79 Å². The molecule has 2 heterocycles. The van der Waals surface area contributed by atoms with Crippen LogP contribution in [0.15, 0.2) is 35.1 Å². The summed E-state index contributed by atoms with van der Waals surface area (Å²) in [5, 5.41) is 3.28. The van der Waals surface area contributed by atoms with E-state index in [4.69, 9.17) is 0 Å². The maximum atomic E-state index is 13.9. The first-order valence-electron chi connectivity index (χ1n) is 6.36. The smallest absolute Gasteiger partial charge is 0.251 e. The van der Waals surface area contributed by atoms with E-state index < -0.39 is 0 Å². The zero-order valence-electron chi connectivity index (χ0n) is 10.7. The quantitative estimate of drug-likeness (QED) is 0.847. The van der Waals surface area contributed by atoms with Gasteiger partial charge in [0.25, 0.3) is 5.56 Å². The van der Waals surface area contributed by atoms with Gasteiger partial charge in [-0.25, -0.2) is 4.39 Å². The van der Waals surface area contributed by atoms with Crippen molar-refractivity contribution >= 4 is 0 Å². The van der Waals surface area contributed by atoms with Crippen molar-refractivity contribution in [1.29, 1.82) is 0 Å². The van der Waals surface area contributed by atoms with Gasteiger partial charge in [0.1, 0.15) is 5.82 Å². The summed E-state index contributed by atoms with van der Waals surface area (Å²) in [6, 6.07) is 8.13. The van der Waals surface area contributed by atoms with Gasteiger partial charge in [0, 0.05) is 43.9 Å². The average molecular weight is 258 g/mol. The maximum Gasteiger partial charge on any atom is 0.251 e. The summed E-state index contributed by atoms with van der Waals surface area (Å²) in [7, 11) is 1.78. The van der Waals surface area contributed by atoms with Gasteiger partial charge in [0.2, 0.25) is 0 Å². The van der Waals surface area contributed by atoms with Gasteiger partial charge in [-0.1, -0.05) is 18.2 Å². The second-order valence-corrected chi connectivity index (χ2v) is 4.79. The summed E-state index contributed by atoms with van der Waals surface area (Å²) < 4.78 is 15.6. The summed E-state index contributed by atoms with van der Waals surface area (Å²) in [5.41, 5.74) is 3.16. The number of nitrogens with zero attached hydrogens (tertiary/aromatic N) is 1. The Bertz CT molecular complexity index is 691. The van der Waals surface area contributed by atoms with Gasteiger partial charge < -0.3 is 9.88 Å². The molecule has 1 aromatic heterocycles. The predicted octanol–water partition coefficient (Wildman–Crippen LogP) is 1.84. The van der Waals surface area contributed by atoms with Crippen molar-refractivity contribution in [3.8, 4) is 11.1 Å². The van der Waals surface area contributed by atoms with E-state index in [0.717, 1.165) is 24.2 Å². The van der Waals surface area contributed by atoms with Gasteiger partial charge in [-0.15, -0.1) is 0 Å². The first-order valence-corrected chi connectivity index (χ1v) is 6.36. The van der Waals surface area contributed by atoms with Crippen LogP contribution in [0.25, 0.3) is 11.1 Å². The van der Waals surface area contributed by atoms with Gasteiger partial charge in [0.15, 0.2) is 0 Å². The van der Waals surface area contributed by atoms with Crippen LogP contribution in [0.1, 0.15) is 11.3 Å². The lowest BCUT2D eigenvalue weighted by Gasteiger charge is -2.23. The zero-order chi connectivity index (χ0) is 13.4. The Labute approximate surface area is 110 Å². The third-order valence-electron chi connectivity index (χ3n) is 3.68. The van der Waals surface area contributed by atoms with E-state index in [0.29, 0.717) is 17.7 Å². The van der Waals surface area contributed by atoms with Crippen LogP contribution in [0.4, 0.5) is 4.39 Å². The first kappa shape index (κ1) is 12.1. The van der Waals surface area contributed by atoms with Gasteiger partial charge in [0.05, 0.1) is 0 Å². The molecule has 0 aliphatic carbocycles. The van der Waals surface area contributed by atoms with Gasteiger partial charge >= 0.3 is 0 Å². The number of hydrogen-bond donors (Lipinski definition) is 1. The molecule has 0 spiro atoms. The van der Waals surface area contributed by atoms with Crippen LogP contribution >= 0.6 is 0 Å². The maximum absolute atomic E-state index is 13.9. The van der Waals surface area contributed by atoms with E-state index in [1.165, 1.54) is 12.1 Å². The topological polar surface area (TPSA) is 34.0 Å². The number of hydrogen-bond acceptors (Lipinski definition) is 2. The van der Waals surface area contributed by atoms with Crippen molar-refractivity contribution in [1.82, 2.24) is 9.88 Å². The Balaban J connectivity index is 2.31. The van der Waals surface area contributed by atoms with Gasteiger partial charge in [-0.05, 0) is 17.2 Å². The van der Waals surface area contributed by atoms with E-state index in [9.17, 15) is 9.18 Å². The minimum absolute atomic E-state index is 0.0843. The summed E-state index contributed by atoms with van der Waals surface area (Å²) >= 11 is 0. The number of nitrogens with one attached hydrogen (secondary N) is 1. The van der Waals surface area contributed by atoms with E-state index >= 15 is 0 Å². The summed E-state index contributed by atoms with van der Waals surface area (Å²) in [6.07, 6.45) is 0.795. The Kier molecular flexibility index (Phi) is 2.95. The number of rotatable bonds is 1. The molecule has 19 heavy (non-hydrogen) atoms. The second-order valence-electron chi connectivity index (χ2n) is 4.79. The molecular formula is C15H15FN2O. The van der Waals surface area contributed by atoms with Crippen molar-refractivity contribution in [3.63, 3.8) is 0 Å². The van der Waals surface area contributed by atoms with Crippen LogP contribution in [-0.2, 0) is 20.0 Å². The highest BCUT2D eigenvalue weighted by atomic mass is 19.1. The van der Waals surface area contributed by atoms with Crippen molar-refractivity contribution in [2.45, 2.75) is 13.0 Å². The summed E-state index contributed by atoms with van der Waals surface area (Å²) in [4.78, 5) is 12.0. The van der Waals surface area contributed by atoms with Crippen LogP contribution in [-0.4, -0.2) is 11.1 Å². The Hall–Kier alpha value is -1.94. The molecule has 98 valence electrons. The minimum Gasteiger partial charge on any atom is -0.315 e. The molecule has 0 saturated heterocycles. The van der Waals surface area contributed by atoms with E-state index in [2.05, 4.69) is 5.32 Å². The molecule has 1 N–H and O–H groups in total. The van der Waals surface area contributed by atoms with E-state index in [1.54, 1.807) is 29.8 Å². The predicted molar refractivity (Wildman–Crippen MR) is 72.5 cm³/mol. The average Bonchev–Trinajstić information content (AvgIpc) is 2.44.